The molecule has 0 amide bonds. The lowest BCUT2D eigenvalue weighted by molar-refractivity contribution is 1.13. The van der Waals surface area contributed by atoms with E-state index in [1.54, 1.807) is 0 Å². The first-order valence-electron chi connectivity index (χ1n) is 24.2. The number of rotatable bonds is 8. The summed E-state index contributed by atoms with van der Waals surface area (Å²) in [5, 5.41) is 12.8. The van der Waals surface area contributed by atoms with Crippen molar-refractivity contribution in [3.63, 3.8) is 0 Å². The second kappa shape index (κ2) is 16.1. The summed E-state index contributed by atoms with van der Waals surface area (Å²) in [6, 6.07) is 101. The van der Waals surface area contributed by atoms with Crippen LogP contribution in [0, 0.1) is 0 Å². The highest BCUT2D eigenvalue weighted by molar-refractivity contribution is 7.20. The van der Waals surface area contributed by atoms with Crippen molar-refractivity contribution in [3.05, 3.63) is 273 Å². The molecule has 3 aromatic heterocycles. The van der Waals surface area contributed by atoms with Crippen molar-refractivity contribution in [1.82, 2.24) is 13.7 Å². The molecule has 0 fully saturated rings. The van der Waals surface area contributed by atoms with Crippen molar-refractivity contribution < 1.29 is 0 Å². The second-order valence-electron chi connectivity index (χ2n) is 18.4. The molecule has 14 rings (SSSR count). The predicted octanol–water partition coefficient (Wildman–Crippen LogP) is 14.0. The number of aromatic nitrogens is 3. The Labute approximate surface area is 407 Å². The van der Waals surface area contributed by atoms with Gasteiger partial charge in [-0.15, -0.1) is 0 Å². The monoisotopic (exact) mass is 907 g/mol. The van der Waals surface area contributed by atoms with Crippen molar-refractivity contribution in [2.45, 2.75) is 0 Å². The third kappa shape index (κ3) is 6.00. The SMILES string of the molecule is c1ccc(-c2cccc(-n3c4ccccc4c4cccc(-n5c6ccc(-n7c8ccccc8c8ccccc87)cc6c6cc([Si](c7ccccc7)(c7ccccc7)c7ccccc7)ccc65)c43)c2)cc1. The van der Waals surface area contributed by atoms with Crippen LogP contribution in [0.1, 0.15) is 0 Å². The zero-order chi connectivity index (χ0) is 46.2. The van der Waals surface area contributed by atoms with Crippen molar-refractivity contribution in [3.8, 4) is 28.2 Å². The van der Waals surface area contributed by atoms with Gasteiger partial charge >= 0.3 is 0 Å². The Balaban J connectivity index is 1.11. The largest absolute Gasteiger partial charge is 0.309 e. The van der Waals surface area contributed by atoms with E-state index < -0.39 is 8.07 Å². The molecule has 0 aliphatic rings. The van der Waals surface area contributed by atoms with Gasteiger partial charge < -0.3 is 13.7 Å². The Bertz CT molecular complexity index is 4130. The van der Waals surface area contributed by atoms with E-state index in [-0.39, 0.29) is 0 Å². The van der Waals surface area contributed by atoms with Gasteiger partial charge in [-0.1, -0.05) is 212 Å². The summed E-state index contributed by atoms with van der Waals surface area (Å²) in [4.78, 5) is 0. The van der Waals surface area contributed by atoms with Crippen LogP contribution in [0.2, 0.25) is 0 Å². The molecule has 0 atom stereocenters. The highest BCUT2D eigenvalue weighted by Crippen LogP contribution is 2.41. The van der Waals surface area contributed by atoms with Crippen LogP contribution in [0.3, 0.4) is 0 Å². The highest BCUT2D eigenvalue weighted by Gasteiger charge is 2.41. The number of nitrogens with zero attached hydrogens (tertiary/aromatic N) is 3. The molecule has 0 bridgehead atoms. The minimum atomic E-state index is -2.88. The third-order valence-electron chi connectivity index (χ3n) is 14.8. The standard InChI is InChI=1S/C66H45N3Si/c1-5-21-46(22-6-1)47-23-19-24-48(43-47)68-62-37-18-15-33-56(62)57-34-20-38-65(66(57)68)69-63-41-39-49(67-60-35-16-13-31-54(60)55-32-14-17-36-61(55)67)44-58(63)59-45-53(40-42-64(59)69)70(50-25-7-2-8-26-50,51-27-9-3-10-28-51)52-29-11-4-12-30-52/h1-45H. The Kier molecular flexibility index (Phi) is 9.23. The quantitative estimate of drug-likeness (QED) is 0.107. The molecule has 328 valence electrons. The predicted molar refractivity (Wildman–Crippen MR) is 299 cm³/mol. The van der Waals surface area contributed by atoms with Crippen molar-refractivity contribution >= 4 is 94.2 Å². The zero-order valence-corrected chi connectivity index (χ0v) is 39.3. The molecule has 0 unspecified atom stereocenters. The van der Waals surface area contributed by atoms with Crippen LogP contribution >= 0.6 is 0 Å². The van der Waals surface area contributed by atoms with Gasteiger partial charge in [0.1, 0.15) is 0 Å². The summed E-state index contributed by atoms with van der Waals surface area (Å²) in [7, 11) is -2.88. The van der Waals surface area contributed by atoms with Crippen LogP contribution in [0.4, 0.5) is 0 Å². The molecule has 0 saturated heterocycles. The van der Waals surface area contributed by atoms with E-state index >= 15 is 0 Å². The molecule has 14 aromatic rings. The Hall–Kier alpha value is -8.96. The van der Waals surface area contributed by atoms with E-state index in [0.717, 1.165) is 28.1 Å². The van der Waals surface area contributed by atoms with Gasteiger partial charge in [0.05, 0.1) is 38.8 Å². The zero-order valence-electron chi connectivity index (χ0n) is 38.3. The Morgan fingerprint density at radius 1 is 0.229 bits per heavy atom. The van der Waals surface area contributed by atoms with Gasteiger partial charge in [0.25, 0.3) is 0 Å². The fourth-order valence-corrected chi connectivity index (χ4v) is 16.6. The molecule has 11 aromatic carbocycles. The molecule has 0 aliphatic heterocycles. The molecule has 4 heteroatoms. The van der Waals surface area contributed by atoms with Crippen LogP contribution in [0.5, 0.6) is 0 Å². The van der Waals surface area contributed by atoms with E-state index in [0.29, 0.717) is 0 Å². The lowest BCUT2D eigenvalue weighted by atomic mass is 10.1. The average molecular weight is 908 g/mol. The molecule has 3 nitrogen and oxygen atoms in total. The molecule has 70 heavy (non-hydrogen) atoms. The number of hydrogen-bond donors (Lipinski definition) is 0. The number of benzene rings is 11. The summed E-state index contributed by atoms with van der Waals surface area (Å²) >= 11 is 0. The molecular formula is C66H45N3Si. The van der Waals surface area contributed by atoms with Gasteiger partial charge in [0.15, 0.2) is 8.07 Å². The van der Waals surface area contributed by atoms with E-state index in [1.807, 2.05) is 0 Å². The first-order chi connectivity index (χ1) is 34.8. The Morgan fingerprint density at radius 3 is 1.26 bits per heavy atom. The minimum Gasteiger partial charge on any atom is -0.309 e. The van der Waals surface area contributed by atoms with Gasteiger partial charge in [-0.2, -0.15) is 0 Å². The molecule has 0 saturated carbocycles. The molecular weight excluding hydrogens is 863 g/mol. The van der Waals surface area contributed by atoms with Crippen molar-refractivity contribution in [2.75, 3.05) is 0 Å². The summed E-state index contributed by atoms with van der Waals surface area (Å²) in [6.07, 6.45) is 0. The molecule has 0 spiro atoms. The first-order valence-corrected chi connectivity index (χ1v) is 26.2. The number of fused-ring (bicyclic) bond motifs is 9. The molecule has 0 aliphatic carbocycles. The number of para-hydroxylation sites is 4. The van der Waals surface area contributed by atoms with Crippen molar-refractivity contribution in [1.29, 1.82) is 0 Å². The van der Waals surface area contributed by atoms with Crippen LogP contribution in [0.25, 0.3) is 93.6 Å². The maximum Gasteiger partial charge on any atom is 0.179 e. The van der Waals surface area contributed by atoms with Crippen LogP contribution < -0.4 is 20.7 Å². The lowest BCUT2D eigenvalue weighted by Gasteiger charge is -2.34. The molecule has 3 heterocycles. The van der Waals surface area contributed by atoms with Crippen molar-refractivity contribution in [2.24, 2.45) is 0 Å². The summed E-state index contributed by atoms with van der Waals surface area (Å²) in [5.74, 6) is 0. The first kappa shape index (κ1) is 40.1. The maximum absolute atomic E-state index is 2.88. The van der Waals surface area contributed by atoms with Crippen LogP contribution in [-0.4, -0.2) is 21.8 Å². The summed E-state index contributed by atoms with van der Waals surface area (Å²) in [6.45, 7) is 0. The highest BCUT2D eigenvalue weighted by atomic mass is 28.3. The van der Waals surface area contributed by atoms with Gasteiger partial charge in [0.2, 0.25) is 0 Å². The van der Waals surface area contributed by atoms with Gasteiger partial charge in [-0.05, 0) is 92.5 Å². The smallest absolute Gasteiger partial charge is 0.179 e. The minimum absolute atomic E-state index is 1.13. The van der Waals surface area contributed by atoms with E-state index in [1.165, 1.54) is 86.3 Å². The van der Waals surface area contributed by atoms with Crippen LogP contribution in [0.15, 0.2) is 273 Å². The number of hydrogen-bond acceptors (Lipinski definition) is 0. The summed E-state index contributed by atoms with van der Waals surface area (Å²) in [5.41, 5.74) is 12.8. The van der Waals surface area contributed by atoms with Gasteiger partial charge in [-0.25, -0.2) is 0 Å². The van der Waals surface area contributed by atoms with E-state index in [4.69, 9.17) is 0 Å². The topological polar surface area (TPSA) is 14.8 Å². The molecule has 0 N–H and O–H groups in total. The summed E-state index contributed by atoms with van der Waals surface area (Å²) < 4.78 is 7.48. The van der Waals surface area contributed by atoms with E-state index in [2.05, 4.69) is 287 Å². The molecule has 0 radical (unpaired) electrons. The second-order valence-corrected chi connectivity index (χ2v) is 22.2. The third-order valence-corrected chi connectivity index (χ3v) is 19.5. The van der Waals surface area contributed by atoms with Crippen LogP contribution in [-0.2, 0) is 0 Å². The fourth-order valence-electron chi connectivity index (χ4n) is 11.8. The lowest BCUT2D eigenvalue weighted by Crippen LogP contribution is -2.74. The normalized spacial score (nSPS) is 12.0. The maximum atomic E-state index is 2.56. The van der Waals surface area contributed by atoms with E-state index in [9.17, 15) is 0 Å². The average Bonchev–Trinajstić information content (AvgIpc) is 4.08. The van der Waals surface area contributed by atoms with Gasteiger partial charge in [0, 0.05) is 43.7 Å². The van der Waals surface area contributed by atoms with Gasteiger partial charge in [-0.3, -0.25) is 0 Å². The Morgan fingerprint density at radius 2 is 0.657 bits per heavy atom. The fraction of sp³-hybridized carbons (Fsp3) is 0.